The number of nitrogens with zero attached hydrogens (tertiary/aromatic N) is 2. The fourth-order valence-corrected chi connectivity index (χ4v) is 1.83. The van der Waals surface area contributed by atoms with Gasteiger partial charge in [-0.2, -0.15) is 4.98 Å². The lowest BCUT2D eigenvalue weighted by Gasteiger charge is -2.23. The van der Waals surface area contributed by atoms with E-state index in [0.29, 0.717) is 5.95 Å². The first kappa shape index (κ1) is 11.1. The molecule has 2 N–H and O–H groups in total. The number of hydrogen-bond acceptors (Lipinski definition) is 5. The predicted molar refractivity (Wildman–Crippen MR) is 63.7 cm³/mol. The van der Waals surface area contributed by atoms with Crippen molar-refractivity contribution in [3.05, 3.63) is 12.3 Å². The monoisotopic (exact) mass is 222 g/mol. The van der Waals surface area contributed by atoms with Gasteiger partial charge in [-0.1, -0.05) is 0 Å². The standard InChI is InChI=1S/C11H18N4O/c1-11(5-3-7-16-11)8-14-9-4-6-13-10(12-2)15-9/h4,6H,3,5,7-8H2,1-2H3,(H2,12,13,14,15). The Bertz CT molecular complexity index is 350. The van der Waals surface area contributed by atoms with Crippen LogP contribution in [0, 0.1) is 0 Å². The summed E-state index contributed by atoms with van der Waals surface area (Å²) < 4.78 is 5.70. The van der Waals surface area contributed by atoms with E-state index in [1.54, 1.807) is 13.2 Å². The molecule has 1 aliphatic heterocycles. The number of rotatable bonds is 4. The molecule has 1 unspecified atom stereocenters. The Morgan fingerprint density at radius 1 is 1.56 bits per heavy atom. The van der Waals surface area contributed by atoms with Crippen LogP contribution in [-0.4, -0.2) is 35.8 Å². The molecule has 5 heteroatoms. The highest BCUT2D eigenvalue weighted by Gasteiger charge is 2.29. The van der Waals surface area contributed by atoms with Gasteiger partial charge in [0.2, 0.25) is 5.95 Å². The molecule has 16 heavy (non-hydrogen) atoms. The first-order valence-electron chi connectivity index (χ1n) is 5.60. The third-order valence-corrected chi connectivity index (χ3v) is 2.82. The second-order valence-electron chi connectivity index (χ2n) is 4.27. The van der Waals surface area contributed by atoms with Crippen LogP contribution in [0.4, 0.5) is 11.8 Å². The van der Waals surface area contributed by atoms with Crippen LogP contribution in [0.5, 0.6) is 0 Å². The summed E-state index contributed by atoms with van der Waals surface area (Å²) in [5.74, 6) is 1.46. The fraction of sp³-hybridized carbons (Fsp3) is 0.636. The SMILES string of the molecule is CNc1nccc(NCC2(C)CCCO2)n1. The van der Waals surface area contributed by atoms with E-state index < -0.39 is 0 Å². The predicted octanol–water partition coefficient (Wildman–Crippen LogP) is 1.50. The van der Waals surface area contributed by atoms with Crippen molar-refractivity contribution >= 4 is 11.8 Å². The second-order valence-corrected chi connectivity index (χ2v) is 4.27. The Hall–Kier alpha value is -1.36. The third kappa shape index (κ3) is 2.61. The van der Waals surface area contributed by atoms with E-state index in [2.05, 4.69) is 27.5 Å². The molecule has 2 heterocycles. The van der Waals surface area contributed by atoms with Gasteiger partial charge in [-0.05, 0) is 25.8 Å². The molecule has 0 spiro atoms. The zero-order valence-electron chi connectivity index (χ0n) is 9.79. The Morgan fingerprint density at radius 2 is 2.44 bits per heavy atom. The van der Waals surface area contributed by atoms with Gasteiger partial charge >= 0.3 is 0 Å². The summed E-state index contributed by atoms with van der Waals surface area (Å²) in [6, 6.07) is 1.86. The molecule has 0 saturated carbocycles. The van der Waals surface area contributed by atoms with Crippen molar-refractivity contribution in [1.29, 1.82) is 0 Å². The Labute approximate surface area is 95.6 Å². The normalized spacial score (nSPS) is 24.4. The van der Waals surface area contributed by atoms with E-state index in [4.69, 9.17) is 4.74 Å². The maximum Gasteiger partial charge on any atom is 0.224 e. The molecule has 2 rings (SSSR count). The average Bonchev–Trinajstić information content (AvgIpc) is 2.75. The van der Waals surface area contributed by atoms with Gasteiger partial charge in [0.1, 0.15) is 5.82 Å². The number of ether oxygens (including phenoxy) is 1. The smallest absolute Gasteiger partial charge is 0.224 e. The molecule has 0 radical (unpaired) electrons. The topological polar surface area (TPSA) is 59.1 Å². The molecule has 1 aromatic rings. The molecule has 1 aromatic heterocycles. The van der Waals surface area contributed by atoms with Crippen molar-refractivity contribution in [3.63, 3.8) is 0 Å². The molecule has 1 saturated heterocycles. The maximum absolute atomic E-state index is 5.70. The number of hydrogen-bond donors (Lipinski definition) is 2. The highest BCUT2D eigenvalue weighted by Crippen LogP contribution is 2.25. The molecule has 1 fully saturated rings. The van der Waals surface area contributed by atoms with Crippen molar-refractivity contribution in [2.45, 2.75) is 25.4 Å². The lowest BCUT2D eigenvalue weighted by molar-refractivity contribution is 0.0315. The Kier molecular flexibility index (Phi) is 3.24. The van der Waals surface area contributed by atoms with E-state index in [1.807, 2.05) is 6.07 Å². The average molecular weight is 222 g/mol. The molecule has 88 valence electrons. The van der Waals surface area contributed by atoms with Crippen molar-refractivity contribution in [3.8, 4) is 0 Å². The summed E-state index contributed by atoms with van der Waals surface area (Å²) in [5, 5.41) is 6.20. The number of nitrogens with one attached hydrogen (secondary N) is 2. The second kappa shape index (κ2) is 4.65. The van der Waals surface area contributed by atoms with Gasteiger partial charge in [0.25, 0.3) is 0 Å². The van der Waals surface area contributed by atoms with Crippen LogP contribution < -0.4 is 10.6 Å². The number of aromatic nitrogens is 2. The summed E-state index contributed by atoms with van der Waals surface area (Å²) in [6.45, 7) is 3.78. The van der Waals surface area contributed by atoms with E-state index in [0.717, 1.165) is 31.8 Å². The molecule has 0 bridgehead atoms. The molecular formula is C11H18N4O. The summed E-state index contributed by atoms with van der Waals surface area (Å²) >= 11 is 0. The highest BCUT2D eigenvalue weighted by molar-refractivity contribution is 5.39. The Morgan fingerprint density at radius 3 is 3.12 bits per heavy atom. The summed E-state index contributed by atoms with van der Waals surface area (Å²) in [6.07, 6.45) is 3.98. The lowest BCUT2D eigenvalue weighted by atomic mass is 10.0. The third-order valence-electron chi connectivity index (χ3n) is 2.82. The minimum absolute atomic E-state index is 0.0508. The van der Waals surface area contributed by atoms with Crippen LogP contribution in [0.3, 0.4) is 0 Å². The molecular weight excluding hydrogens is 204 g/mol. The van der Waals surface area contributed by atoms with Crippen LogP contribution in [0.25, 0.3) is 0 Å². The van der Waals surface area contributed by atoms with Crippen LogP contribution in [-0.2, 0) is 4.74 Å². The molecule has 5 nitrogen and oxygen atoms in total. The van der Waals surface area contributed by atoms with E-state index in [-0.39, 0.29) is 5.60 Å². The fourth-order valence-electron chi connectivity index (χ4n) is 1.83. The molecule has 0 aliphatic carbocycles. The van der Waals surface area contributed by atoms with Crippen LogP contribution in [0.2, 0.25) is 0 Å². The van der Waals surface area contributed by atoms with E-state index in [1.165, 1.54) is 0 Å². The summed E-state index contributed by atoms with van der Waals surface area (Å²) in [7, 11) is 1.81. The van der Waals surface area contributed by atoms with Crippen molar-refractivity contribution in [2.75, 3.05) is 30.8 Å². The maximum atomic E-state index is 5.70. The van der Waals surface area contributed by atoms with Crippen LogP contribution >= 0.6 is 0 Å². The molecule has 1 atom stereocenters. The van der Waals surface area contributed by atoms with Crippen molar-refractivity contribution in [2.24, 2.45) is 0 Å². The van der Waals surface area contributed by atoms with Gasteiger partial charge in [0.05, 0.1) is 5.60 Å². The first-order valence-corrected chi connectivity index (χ1v) is 5.60. The first-order chi connectivity index (χ1) is 7.72. The molecule has 1 aliphatic rings. The summed E-state index contributed by atoms with van der Waals surface area (Å²) in [4.78, 5) is 8.36. The van der Waals surface area contributed by atoms with Gasteiger partial charge in [0, 0.05) is 26.4 Å². The minimum atomic E-state index is -0.0508. The van der Waals surface area contributed by atoms with E-state index >= 15 is 0 Å². The quantitative estimate of drug-likeness (QED) is 0.808. The Balaban J connectivity index is 1.93. The van der Waals surface area contributed by atoms with Gasteiger partial charge in [-0.15, -0.1) is 0 Å². The highest BCUT2D eigenvalue weighted by atomic mass is 16.5. The van der Waals surface area contributed by atoms with Crippen LogP contribution in [0.15, 0.2) is 12.3 Å². The van der Waals surface area contributed by atoms with Gasteiger partial charge in [-0.3, -0.25) is 0 Å². The van der Waals surface area contributed by atoms with E-state index in [9.17, 15) is 0 Å². The molecule has 0 aromatic carbocycles. The lowest BCUT2D eigenvalue weighted by Crippen LogP contribution is -2.32. The zero-order valence-corrected chi connectivity index (χ0v) is 9.79. The van der Waals surface area contributed by atoms with Gasteiger partial charge < -0.3 is 15.4 Å². The van der Waals surface area contributed by atoms with Crippen molar-refractivity contribution in [1.82, 2.24) is 9.97 Å². The van der Waals surface area contributed by atoms with Gasteiger partial charge in [-0.25, -0.2) is 4.98 Å². The largest absolute Gasteiger partial charge is 0.373 e. The minimum Gasteiger partial charge on any atom is -0.373 e. The van der Waals surface area contributed by atoms with Crippen LogP contribution in [0.1, 0.15) is 19.8 Å². The number of anilines is 2. The summed E-state index contributed by atoms with van der Waals surface area (Å²) in [5.41, 5.74) is -0.0508. The van der Waals surface area contributed by atoms with Gasteiger partial charge in [0.15, 0.2) is 0 Å². The van der Waals surface area contributed by atoms with Crippen molar-refractivity contribution < 1.29 is 4.74 Å². The zero-order chi connectivity index (χ0) is 11.4. The molecule has 0 amide bonds.